The summed E-state index contributed by atoms with van der Waals surface area (Å²) in [5, 5.41) is 6.03. The maximum absolute atomic E-state index is 14.0. The van der Waals surface area contributed by atoms with E-state index < -0.39 is 17.4 Å². The number of amides is 5. The van der Waals surface area contributed by atoms with Gasteiger partial charge in [-0.1, -0.05) is 85.5 Å². The highest BCUT2D eigenvalue weighted by molar-refractivity contribution is 6.33. The van der Waals surface area contributed by atoms with Crippen LogP contribution in [0.1, 0.15) is 86.6 Å². The summed E-state index contributed by atoms with van der Waals surface area (Å²) in [4.78, 5) is 83.3. The summed E-state index contributed by atoms with van der Waals surface area (Å²) in [5.41, 5.74) is 5.77. The van der Waals surface area contributed by atoms with Crippen molar-refractivity contribution in [2.24, 2.45) is 5.41 Å². The molecule has 5 aromatic rings. The fraction of sp³-hybridized carbons (Fsp3) is 0.360. The maximum atomic E-state index is 14.0. The second kappa shape index (κ2) is 19.2. The molecule has 0 radical (unpaired) electrons. The first-order valence-corrected chi connectivity index (χ1v) is 22.9. The Hall–Kier alpha value is -6.67. The standard InChI is InChI=1S/C50H51ClN8O6/c51-40-31-53-49(56-45(40)35-14-9-13-34(27-35)33-11-5-4-6-12-33)54-36-28-37(30-52-29-36)58-25-22-50(48(58)64)20-23-57(24-21-50)44(61)17-7-2-1-3-8-26-65-42-16-10-15-38-39(42)32-59(47(38)63)41-18-19-43(60)55-46(41)62/h4-6,9-16,27-31,41H,1-3,7-8,17-26,32H2,(H,53,54,56)(H,55,60,62). The Morgan fingerprint density at radius 2 is 1.58 bits per heavy atom. The second-order valence-electron chi connectivity index (χ2n) is 17.3. The number of benzene rings is 3. The molecule has 4 aliphatic heterocycles. The van der Waals surface area contributed by atoms with Crippen LogP contribution >= 0.6 is 11.6 Å². The Kier molecular flexibility index (Phi) is 12.9. The van der Waals surface area contributed by atoms with Crippen LogP contribution in [0.4, 0.5) is 17.3 Å². The molecule has 3 fully saturated rings. The van der Waals surface area contributed by atoms with Crippen molar-refractivity contribution in [3.63, 3.8) is 0 Å². The molecule has 3 aromatic carbocycles. The van der Waals surface area contributed by atoms with E-state index in [0.29, 0.717) is 91.3 Å². The summed E-state index contributed by atoms with van der Waals surface area (Å²) in [6.07, 6.45) is 12.5. The monoisotopic (exact) mass is 894 g/mol. The first kappa shape index (κ1) is 43.6. The minimum atomic E-state index is -0.663. The number of hydrogen-bond acceptors (Lipinski definition) is 10. The van der Waals surface area contributed by atoms with Gasteiger partial charge in [0.05, 0.1) is 59.2 Å². The van der Waals surface area contributed by atoms with Gasteiger partial charge < -0.3 is 24.8 Å². The number of anilines is 3. The van der Waals surface area contributed by atoms with Crippen molar-refractivity contribution >= 4 is 58.5 Å². The van der Waals surface area contributed by atoms with E-state index in [9.17, 15) is 24.0 Å². The molecule has 4 aliphatic rings. The lowest BCUT2D eigenvalue weighted by Gasteiger charge is -2.38. The van der Waals surface area contributed by atoms with Crippen LogP contribution in [0.2, 0.25) is 5.02 Å². The molecule has 0 saturated carbocycles. The number of fused-ring (bicyclic) bond motifs is 1. The number of likely N-dealkylation sites (tertiary alicyclic amines) is 1. The Balaban J connectivity index is 0.701. The van der Waals surface area contributed by atoms with Gasteiger partial charge in [0.25, 0.3) is 5.91 Å². The summed E-state index contributed by atoms with van der Waals surface area (Å²) in [5.74, 6) is 0.263. The molecule has 65 heavy (non-hydrogen) atoms. The van der Waals surface area contributed by atoms with Crippen LogP contribution in [0.15, 0.2) is 97.5 Å². The molecule has 5 amide bonds. The van der Waals surface area contributed by atoms with Gasteiger partial charge in [-0.25, -0.2) is 9.97 Å². The lowest BCUT2D eigenvalue weighted by atomic mass is 9.77. The van der Waals surface area contributed by atoms with E-state index >= 15 is 0 Å². The zero-order valence-electron chi connectivity index (χ0n) is 36.1. The third-order valence-corrected chi connectivity index (χ3v) is 13.5. The third-order valence-electron chi connectivity index (χ3n) is 13.2. The average Bonchev–Trinajstić information content (AvgIpc) is 3.83. The van der Waals surface area contributed by atoms with E-state index in [-0.39, 0.29) is 36.6 Å². The van der Waals surface area contributed by atoms with Gasteiger partial charge in [-0.3, -0.25) is 34.3 Å². The molecular formula is C50H51ClN8O6. The van der Waals surface area contributed by atoms with E-state index in [1.165, 1.54) is 4.90 Å². The van der Waals surface area contributed by atoms with Gasteiger partial charge in [-0.2, -0.15) is 0 Å². The average molecular weight is 895 g/mol. The molecule has 2 N–H and O–H groups in total. The van der Waals surface area contributed by atoms with Crippen molar-refractivity contribution in [1.29, 1.82) is 0 Å². The molecule has 14 nitrogen and oxygen atoms in total. The molecule has 1 atom stereocenters. The quantitative estimate of drug-likeness (QED) is 0.0774. The first-order valence-electron chi connectivity index (χ1n) is 22.6. The Morgan fingerprint density at radius 3 is 2.42 bits per heavy atom. The van der Waals surface area contributed by atoms with Crippen molar-refractivity contribution in [1.82, 2.24) is 30.1 Å². The van der Waals surface area contributed by atoms with Gasteiger partial charge in [-0.15, -0.1) is 0 Å². The third kappa shape index (κ3) is 9.44. The molecule has 0 bridgehead atoms. The van der Waals surface area contributed by atoms with E-state index in [4.69, 9.17) is 21.3 Å². The number of carbonyl (C=O) groups excluding carboxylic acids is 5. The molecule has 9 rings (SSSR count). The van der Waals surface area contributed by atoms with Gasteiger partial charge in [0.2, 0.25) is 29.6 Å². The molecule has 0 aliphatic carbocycles. The van der Waals surface area contributed by atoms with Crippen molar-refractivity contribution in [3.05, 3.63) is 114 Å². The largest absolute Gasteiger partial charge is 0.493 e. The normalized spacial score (nSPS) is 18.0. The first-order chi connectivity index (χ1) is 31.7. The van der Waals surface area contributed by atoms with E-state index in [1.807, 2.05) is 52.3 Å². The lowest BCUT2D eigenvalue weighted by Crippen LogP contribution is -2.52. The van der Waals surface area contributed by atoms with Gasteiger partial charge in [0.15, 0.2) is 0 Å². The fourth-order valence-corrected chi connectivity index (χ4v) is 9.74. The molecule has 2 aromatic heterocycles. The number of imide groups is 1. The predicted molar refractivity (Wildman–Crippen MR) is 246 cm³/mol. The van der Waals surface area contributed by atoms with E-state index in [2.05, 4.69) is 44.9 Å². The van der Waals surface area contributed by atoms with Crippen LogP contribution < -0.4 is 20.3 Å². The number of hydrogen-bond donors (Lipinski definition) is 2. The van der Waals surface area contributed by atoms with Crippen molar-refractivity contribution in [3.8, 4) is 28.1 Å². The van der Waals surface area contributed by atoms with Gasteiger partial charge in [0.1, 0.15) is 11.8 Å². The maximum Gasteiger partial charge on any atom is 0.255 e. The van der Waals surface area contributed by atoms with Gasteiger partial charge >= 0.3 is 0 Å². The Labute approximate surface area is 382 Å². The van der Waals surface area contributed by atoms with Crippen LogP contribution in [0, 0.1) is 5.41 Å². The Morgan fingerprint density at radius 1 is 0.831 bits per heavy atom. The summed E-state index contributed by atoms with van der Waals surface area (Å²) in [6.45, 7) is 2.50. The summed E-state index contributed by atoms with van der Waals surface area (Å²) in [7, 11) is 0. The van der Waals surface area contributed by atoms with Gasteiger partial charge in [0, 0.05) is 49.2 Å². The van der Waals surface area contributed by atoms with Crippen molar-refractivity contribution in [2.75, 3.05) is 36.5 Å². The smallest absolute Gasteiger partial charge is 0.255 e. The summed E-state index contributed by atoms with van der Waals surface area (Å²) in [6, 6.07) is 24.8. The van der Waals surface area contributed by atoms with Crippen molar-refractivity contribution in [2.45, 2.75) is 83.2 Å². The topological polar surface area (TPSA) is 167 Å². The van der Waals surface area contributed by atoms with E-state index in [0.717, 1.165) is 60.8 Å². The number of nitrogens with one attached hydrogen (secondary N) is 2. The number of halogens is 1. The number of aromatic nitrogens is 3. The molecule has 1 spiro atoms. The van der Waals surface area contributed by atoms with E-state index in [1.54, 1.807) is 30.7 Å². The number of ether oxygens (including phenoxy) is 1. The molecule has 15 heteroatoms. The minimum absolute atomic E-state index is 0.0789. The number of carbonyl (C=O) groups is 5. The minimum Gasteiger partial charge on any atom is -0.493 e. The van der Waals surface area contributed by atoms with Crippen LogP contribution in [-0.4, -0.2) is 86.6 Å². The van der Waals surface area contributed by atoms with Crippen LogP contribution in [0.3, 0.4) is 0 Å². The van der Waals surface area contributed by atoms with Crippen LogP contribution in [0.25, 0.3) is 22.4 Å². The lowest BCUT2D eigenvalue weighted by molar-refractivity contribution is -0.137. The molecule has 6 heterocycles. The van der Waals surface area contributed by atoms with Crippen molar-refractivity contribution < 1.29 is 28.7 Å². The highest BCUT2D eigenvalue weighted by atomic mass is 35.5. The van der Waals surface area contributed by atoms with Gasteiger partial charge in [-0.05, 0) is 73.9 Å². The molecule has 1 unspecified atom stereocenters. The second-order valence-corrected chi connectivity index (χ2v) is 17.7. The Bertz CT molecular complexity index is 2620. The highest BCUT2D eigenvalue weighted by Gasteiger charge is 2.49. The fourth-order valence-electron chi connectivity index (χ4n) is 9.54. The number of rotatable bonds is 15. The SMILES string of the molecule is O=C1CCC(N2Cc3c(OCCCCCCCC(=O)N4CCC5(CC4)CCN(c4cncc(Nc6ncc(Cl)c(-c7cccc(-c8ccccc8)c7)n6)c4)C5=O)cccc3C2=O)C(=O)N1. The number of piperidine rings is 2. The van der Waals surface area contributed by atoms with Crippen LogP contribution in [0.5, 0.6) is 5.75 Å². The highest BCUT2D eigenvalue weighted by Crippen LogP contribution is 2.44. The predicted octanol–water partition coefficient (Wildman–Crippen LogP) is 8.13. The van der Waals surface area contributed by atoms with Crippen LogP contribution in [-0.2, 0) is 25.7 Å². The molecule has 3 saturated heterocycles. The molecular weight excluding hydrogens is 844 g/mol. The zero-order valence-corrected chi connectivity index (χ0v) is 36.9. The summed E-state index contributed by atoms with van der Waals surface area (Å²) < 4.78 is 6.10. The zero-order chi connectivity index (χ0) is 44.9. The molecule has 334 valence electrons. The number of pyridine rings is 1. The number of nitrogens with zero attached hydrogens (tertiary/aromatic N) is 6. The number of unbranched alkanes of at least 4 members (excludes halogenated alkanes) is 4. The summed E-state index contributed by atoms with van der Waals surface area (Å²) >= 11 is 6.60.